The zero-order valence-corrected chi connectivity index (χ0v) is 20.8. The van der Waals surface area contributed by atoms with Crippen LogP contribution in [-0.2, 0) is 11.2 Å². The second-order valence-corrected chi connectivity index (χ2v) is 8.30. The number of halogens is 1. The van der Waals surface area contributed by atoms with Crippen molar-refractivity contribution >= 4 is 47.2 Å². The van der Waals surface area contributed by atoms with Gasteiger partial charge in [-0.15, -0.1) is 35.3 Å². The Hall–Kier alpha value is -0.870. The van der Waals surface area contributed by atoms with Crippen LogP contribution in [0.15, 0.2) is 22.5 Å². The van der Waals surface area contributed by atoms with Crippen molar-refractivity contribution in [1.82, 2.24) is 20.0 Å². The third kappa shape index (κ3) is 7.87. The molecule has 2 heterocycles. The molecule has 1 unspecified atom stereocenters. The molecule has 0 spiro atoms. The summed E-state index contributed by atoms with van der Waals surface area (Å²) in [5.74, 6) is 1.20. The molecule has 1 N–H and O–H groups in total. The molecular weight excluding hydrogens is 485 g/mol. The van der Waals surface area contributed by atoms with Gasteiger partial charge in [0, 0.05) is 52.2 Å². The van der Waals surface area contributed by atoms with Crippen molar-refractivity contribution in [3.05, 3.63) is 22.4 Å². The molecule has 1 aliphatic rings. The number of hydrogen-bond acceptors (Lipinski definition) is 4. The Morgan fingerprint density at radius 1 is 1.39 bits per heavy atom. The average molecular weight is 522 g/mol. The Bertz CT molecular complexity index is 593. The molecule has 8 heteroatoms. The molecule has 160 valence electrons. The molecule has 1 aromatic heterocycles. The van der Waals surface area contributed by atoms with Crippen LogP contribution < -0.4 is 5.32 Å². The second-order valence-electron chi connectivity index (χ2n) is 7.27. The molecule has 0 aromatic carbocycles. The molecule has 1 atom stereocenters. The van der Waals surface area contributed by atoms with Crippen LogP contribution in [0.5, 0.6) is 0 Å². The van der Waals surface area contributed by atoms with E-state index in [1.54, 1.807) is 16.2 Å². The fourth-order valence-corrected chi connectivity index (χ4v) is 4.14. The first kappa shape index (κ1) is 25.2. The van der Waals surface area contributed by atoms with Gasteiger partial charge >= 0.3 is 0 Å². The predicted molar refractivity (Wildman–Crippen MR) is 130 cm³/mol. The summed E-state index contributed by atoms with van der Waals surface area (Å²) < 4.78 is 0. The number of carbonyl (C=O) groups is 1. The molecule has 0 bridgehead atoms. The first-order chi connectivity index (χ1) is 13.0. The lowest BCUT2D eigenvalue weighted by atomic mass is 10.2. The fraction of sp³-hybridized carbons (Fsp3) is 0.700. The molecule has 0 aliphatic carbocycles. The number of likely N-dealkylation sites (tertiary alicyclic amines) is 1. The van der Waals surface area contributed by atoms with E-state index >= 15 is 0 Å². The van der Waals surface area contributed by atoms with Gasteiger partial charge in [-0.3, -0.25) is 14.7 Å². The van der Waals surface area contributed by atoms with Gasteiger partial charge in [-0.25, -0.2) is 0 Å². The van der Waals surface area contributed by atoms with E-state index in [4.69, 9.17) is 4.99 Å². The number of carbonyl (C=O) groups excluding carboxylic acids is 1. The van der Waals surface area contributed by atoms with Gasteiger partial charge in [0.05, 0.1) is 6.04 Å². The summed E-state index contributed by atoms with van der Waals surface area (Å²) in [5.41, 5.74) is 0. The van der Waals surface area contributed by atoms with Crippen molar-refractivity contribution in [1.29, 1.82) is 0 Å². The summed E-state index contributed by atoms with van der Waals surface area (Å²) >= 11 is 1.81. The van der Waals surface area contributed by atoms with Crippen LogP contribution in [0, 0.1) is 0 Å². The highest BCUT2D eigenvalue weighted by molar-refractivity contribution is 14.0. The molecule has 6 nitrogen and oxygen atoms in total. The number of guanidine groups is 1. The lowest BCUT2D eigenvalue weighted by Gasteiger charge is -2.26. The molecular formula is C20H36IN5OS. The smallest absolute Gasteiger partial charge is 0.239 e. The van der Waals surface area contributed by atoms with Gasteiger partial charge in [0.25, 0.3) is 0 Å². The SMILES string of the molecule is CCNC(=NCCCN1CCCC1C(=O)N(C)C)N(C)CCc1cccs1.I. The summed E-state index contributed by atoms with van der Waals surface area (Å²) in [6, 6.07) is 4.35. The van der Waals surface area contributed by atoms with Gasteiger partial charge in [-0.1, -0.05) is 6.07 Å². The van der Waals surface area contributed by atoms with E-state index in [9.17, 15) is 4.79 Å². The number of thiophene rings is 1. The lowest BCUT2D eigenvalue weighted by Crippen LogP contribution is -2.43. The zero-order valence-electron chi connectivity index (χ0n) is 17.7. The minimum absolute atomic E-state index is 0. The number of nitrogens with one attached hydrogen (secondary N) is 1. The third-order valence-electron chi connectivity index (χ3n) is 4.92. The maximum Gasteiger partial charge on any atom is 0.239 e. The van der Waals surface area contributed by atoms with E-state index in [1.807, 2.05) is 14.1 Å². The second kappa shape index (κ2) is 13.4. The molecule has 1 saturated heterocycles. The zero-order chi connectivity index (χ0) is 19.6. The number of aliphatic imine (C=N–C) groups is 1. The van der Waals surface area contributed by atoms with Gasteiger partial charge in [0.2, 0.25) is 5.91 Å². The van der Waals surface area contributed by atoms with Crippen LogP contribution in [0.4, 0.5) is 0 Å². The number of rotatable bonds is 9. The Morgan fingerprint density at radius 3 is 2.82 bits per heavy atom. The summed E-state index contributed by atoms with van der Waals surface area (Å²) in [6.07, 6.45) is 4.11. The Balaban J connectivity index is 0.00000392. The van der Waals surface area contributed by atoms with Gasteiger partial charge < -0.3 is 15.1 Å². The minimum Gasteiger partial charge on any atom is -0.357 e. The van der Waals surface area contributed by atoms with Crippen molar-refractivity contribution in [2.45, 2.75) is 38.6 Å². The summed E-state index contributed by atoms with van der Waals surface area (Å²) in [7, 11) is 5.79. The normalized spacial score (nSPS) is 17.3. The van der Waals surface area contributed by atoms with E-state index in [-0.39, 0.29) is 35.9 Å². The Labute approximate surface area is 191 Å². The first-order valence-corrected chi connectivity index (χ1v) is 10.9. The maximum atomic E-state index is 12.3. The van der Waals surface area contributed by atoms with E-state index < -0.39 is 0 Å². The van der Waals surface area contributed by atoms with Gasteiger partial charge in [0.15, 0.2) is 5.96 Å². The standard InChI is InChI=1S/C20H35N5OS.HI/c1-5-21-20(24(4)15-11-17-9-7-16-27-17)22-12-8-14-25-13-6-10-18(25)19(26)23(2)3;/h7,9,16,18H,5-6,8,10-15H2,1-4H3,(H,21,22);1H. The monoisotopic (exact) mass is 521 g/mol. The maximum absolute atomic E-state index is 12.3. The Morgan fingerprint density at radius 2 is 2.18 bits per heavy atom. The molecule has 1 aromatic rings. The van der Waals surface area contributed by atoms with Crippen LogP contribution in [-0.4, -0.2) is 86.5 Å². The van der Waals surface area contributed by atoms with Crippen LogP contribution in [0.2, 0.25) is 0 Å². The van der Waals surface area contributed by atoms with E-state index in [0.717, 1.165) is 64.4 Å². The highest BCUT2D eigenvalue weighted by atomic mass is 127. The molecule has 28 heavy (non-hydrogen) atoms. The van der Waals surface area contributed by atoms with Crippen LogP contribution >= 0.6 is 35.3 Å². The van der Waals surface area contributed by atoms with Crippen LogP contribution in [0.3, 0.4) is 0 Å². The summed E-state index contributed by atoms with van der Waals surface area (Å²) in [5, 5.41) is 5.51. The predicted octanol–water partition coefficient (Wildman–Crippen LogP) is 2.75. The molecule has 1 aliphatic heterocycles. The largest absolute Gasteiger partial charge is 0.357 e. The summed E-state index contributed by atoms with van der Waals surface area (Å²) in [6.45, 7) is 6.67. The number of nitrogens with zero attached hydrogens (tertiary/aromatic N) is 4. The fourth-order valence-electron chi connectivity index (χ4n) is 3.44. The van der Waals surface area contributed by atoms with Gasteiger partial charge in [0.1, 0.15) is 0 Å². The number of hydrogen-bond donors (Lipinski definition) is 1. The van der Waals surface area contributed by atoms with Crippen LogP contribution in [0.1, 0.15) is 31.1 Å². The summed E-state index contributed by atoms with van der Waals surface area (Å²) in [4.78, 5) is 24.7. The molecule has 0 saturated carbocycles. The van der Waals surface area contributed by atoms with Gasteiger partial charge in [-0.2, -0.15) is 0 Å². The van der Waals surface area contributed by atoms with Crippen molar-refractivity contribution in [2.24, 2.45) is 4.99 Å². The molecule has 1 fully saturated rings. The first-order valence-electron chi connectivity index (χ1n) is 10.00. The minimum atomic E-state index is 0. The molecule has 2 rings (SSSR count). The molecule has 0 radical (unpaired) electrons. The average Bonchev–Trinajstić information content (AvgIpc) is 3.33. The molecule has 1 amide bonds. The van der Waals surface area contributed by atoms with E-state index in [0.29, 0.717) is 0 Å². The highest BCUT2D eigenvalue weighted by Crippen LogP contribution is 2.18. The van der Waals surface area contributed by atoms with Gasteiger partial charge in [-0.05, 0) is 50.6 Å². The van der Waals surface area contributed by atoms with E-state index in [1.165, 1.54) is 4.88 Å². The quantitative estimate of drug-likeness (QED) is 0.235. The van der Waals surface area contributed by atoms with Crippen molar-refractivity contribution < 1.29 is 4.79 Å². The third-order valence-corrected chi connectivity index (χ3v) is 5.86. The van der Waals surface area contributed by atoms with Crippen molar-refractivity contribution in [2.75, 3.05) is 53.9 Å². The number of amides is 1. The van der Waals surface area contributed by atoms with Crippen LogP contribution in [0.25, 0.3) is 0 Å². The topological polar surface area (TPSA) is 51.2 Å². The van der Waals surface area contributed by atoms with E-state index in [2.05, 4.69) is 46.6 Å². The highest BCUT2D eigenvalue weighted by Gasteiger charge is 2.30. The Kier molecular flexibility index (Phi) is 12.0. The lowest BCUT2D eigenvalue weighted by molar-refractivity contribution is -0.133. The van der Waals surface area contributed by atoms with Crippen molar-refractivity contribution in [3.63, 3.8) is 0 Å². The number of likely N-dealkylation sites (N-methyl/N-ethyl adjacent to an activating group) is 2. The van der Waals surface area contributed by atoms with Crippen molar-refractivity contribution in [3.8, 4) is 0 Å².